The van der Waals surface area contributed by atoms with Crippen LogP contribution in [0.5, 0.6) is 0 Å². The Balaban J connectivity index is 3.60. The van der Waals surface area contributed by atoms with Gasteiger partial charge in [0.15, 0.2) is 0 Å². The number of carbonyl (C=O) groups excluding carboxylic acids is 2. The Bertz CT molecular complexity index is 206. The summed E-state index contributed by atoms with van der Waals surface area (Å²) in [5, 5.41) is 2.88. The monoisotopic (exact) mass is 217 g/mol. The third-order valence-corrected chi connectivity index (χ3v) is 1.68. The molecule has 5 nitrogen and oxygen atoms in total. The Morgan fingerprint density at radius 2 is 1.67 bits per heavy atom. The van der Waals surface area contributed by atoms with Gasteiger partial charge in [-0.2, -0.15) is 0 Å². The predicted molar refractivity (Wildman–Crippen MR) is 55.3 cm³/mol. The van der Waals surface area contributed by atoms with Gasteiger partial charge < -0.3 is 14.8 Å². The normalized spacial score (nSPS) is 11.9. The van der Waals surface area contributed by atoms with Gasteiger partial charge in [-0.15, -0.1) is 0 Å². The van der Waals surface area contributed by atoms with Crippen LogP contribution in [-0.4, -0.2) is 37.7 Å². The van der Waals surface area contributed by atoms with Gasteiger partial charge in [0, 0.05) is 6.04 Å². The minimum atomic E-state index is -0.312. The fourth-order valence-electron chi connectivity index (χ4n) is 1.01. The van der Waals surface area contributed by atoms with Crippen LogP contribution in [0.3, 0.4) is 0 Å². The first kappa shape index (κ1) is 13.9. The van der Waals surface area contributed by atoms with Crippen LogP contribution in [0.25, 0.3) is 0 Å². The molecule has 0 aromatic heterocycles. The van der Waals surface area contributed by atoms with E-state index in [-0.39, 0.29) is 30.9 Å². The lowest BCUT2D eigenvalue weighted by Gasteiger charge is -2.11. The lowest BCUT2D eigenvalue weighted by atomic mass is 10.2. The van der Waals surface area contributed by atoms with Crippen molar-refractivity contribution in [2.45, 2.75) is 33.2 Å². The molecule has 15 heavy (non-hydrogen) atoms. The van der Waals surface area contributed by atoms with E-state index in [1.807, 2.05) is 6.92 Å². The first-order valence-corrected chi connectivity index (χ1v) is 5.14. The van der Waals surface area contributed by atoms with Crippen LogP contribution in [0, 0.1) is 0 Å². The van der Waals surface area contributed by atoms with Gasteiger partial charge in [-0.1, -0.05) is 0 Å². The van der Waals surface area contributed by atoms with E-state index < -0.39 is 0 Å². The van der Waals surface area contributed by atoms with E-state index in [0.29, 0.717) is 13.2 Å². The topological polar surface area (TPSA) is 64.6 Å². The Kier molecular flexibility index (Phi) is 7.62. The van der Waals surface area contributed by atoms with Crippen molar-refractivity contribution < 1.29 is 19.1 Å². The van der Waals surface area contributed by atoms with E-state index in [2.05, 4.69) is 5.32 Å². The average molecular weight is 217 g/mol. The molecule has 1 unspecified atom stereocenters. The molecule has 0 aliphatic carbocycles. The van der Waals surface area contributed by atoms with Crippen LogP contribution in [0.2, 0.25) is 0 Å². The molecule has 0 amide bonds. The second-order valence-corrected chi connectivity index (χ2v) is 3.10. The smallest absolute Gasteiger partial charge is 0.319 e. The fraction of sp³-hybridized carbons (Fsp3) is 0.800. The molecule has 0 aromatic rings. The zero-order valence-electron chi connectivity index (χ0n) is 9.54. The highest BCUT2D eigenvalue weighted by Gasteiger charge is 2.10. The number of esters is 2. The molecule has 0 radical (unpaired) electrons. The molecule has 1 atom stereocenters. The maximum Gasteiger partial charge on any atom is 0.319 e. The van der Waals surface area contributed by atoms with Gasteiger partial charge in [0.2, 0.25) is 0 Å². The van der Waals surface area contributed by atoms with Gasteiger partial charge in [0.1, 0.15) is 0 Å². The van der Waals surface area contributed by atoms with E-state index in [1.165, 1.54) is 0 Å². The summed E-state index contributed by atoms with van der Waals surface area (Å²) in [5.74, 6) is -0.574. The number of carbonyl (C=O) groups is 2. The Morgan fingerprint density at radius 3 is 2.20 bits per heavy atom. The van der Waals surface area contributed by atoms with Crippen molar-refractivity contribution in [1.29, 1.82) is 0 Å². The Morgan fingerprint density at radius 1 is 1.13 bits per heavy atom. The first-order chi connectivity index (χ1) is 7.10. The van der Waals surface area contributed by atoms with Gasteiger partial charge >= 0.3 is 11.9 Å². The maximum atomic E-state index is 11.0. The van der Waals surface area contributed by atoms with E-state index in [4.69, 9.17) is 9.47 Å². The summed E-state index contributed by atoms with van der Waals surface area (Å²) in [6.07, 6.45) is 0.257. The second kappa shape index (κ2) is 8.23. The lowest BCUT2D eigenvalue weighted by Crippen LogP contribution is -2.34. The van der Waals surface area contributed by atoms with Gasteiger partial charge in [-0.3, -0.25) is 9.59 Å². The van der Waals surface area contributed by atoms with E-state index in [0.717, 1.165) is 0 Å². The molecule has 0 bridgehead atoms. The van der Waals surface area contributed by atoms with E-state index in [1.54, 1.807) is 13.8 Å². The SMILES string of the molecule is CCOC(=O)CNC(C)CC(=O)OCC. The Hall–Kier alpha value is -1.10. The molecule has 0 fully saturated rings. The van der Waals surface area contributed by atoms with Crippen molar-refractivity contribution in [2.24, 2.45) is 0 Å². The third kappa shape index (κ3) is 7.93. The van der Waals surface area contributed by atoms with Crippen LogP contribution >= 0.6 is 0 Å². The quantitative estimate of drug-likeness (QED) is 0.628. The van der Waals surface area contributed by atoms with Gasteiger partial charge in [-0.05, 0) is 20.8 Å². The molecule has 1 N–H and O–H groups in total. The summed E-state index contributed by atoms with van der Waals surface area (Å²) >= 11 is 0. The van der Waals surface area contributed by atoms with Crippen LogP contribution in [0.15, 0.2) is 0 Å². The molecule has 0 saturated carbocycles. The van der Waals surface area contributed by atoms with Crippen molar-refractivity contribution in [2.75, 3.05) is 19.8 Å². The zero-order chi connectivity index (χ0) is 11.7. The molecule has 0 rings (SSSR count). The molecule has 0 aliphatic heterocycles. The molecule has 0 aliphatic rings. The van der Waals surface area contributed by atoms with Gasteiger partial charge in [-0.25, -0.2) is 0 Å². The highest BCUT2D eigenvalue weighted by atomic mass is 16.5. The van der Waals surface area contributed by atoms with E-state index in [9.17, 15) is 9.59 Å². The molecule has 88 valence electrons. The van der Waals surface area contributed by atoms with Crippen molar-refractivity contribution in [3.63, 3.8) is 0 Å². The second-order valence-electron chi connectivity index (χ2n) is 3.10. The number of nitrogens with one attached hydrogen (secondary N) is 1. The average Bonchev–Trinajstić information content (AvgIpc) is 2.15. The van der Waals surface area contributed by atoms with E-state index >= 15 is 0 Å². The maximum absolute atomic E-state index is 11.0. The lowest BCUT2D eigenvalue weighted by molar-refractivity contribution is -0.145. The highest BCUT2D eigenvalue weighted by molar-refractivity contribution is 5.72. The fourth-order valence-corrected chi connectivity index (χ4v) is 1.01. The van der Waals surface area contributed by atoms with Crippen molar-refractivity contribution in [3.8, 4) is 0 Å². The number of hydrogen-bond donors (Lipinski definition) is 1. The number of rotatable bonds is 7. The van der Waals surface area contributed by atoms with Crippen molar-refractivity contribution in [3.05, 3.63) is 0 Å². The Labute approximate surface area is 90.1 Å². The minimum absolute atomic E-state index is 0.0894. The number of ether oxygens (including phenoxy) is 2. The molecule has 0 heterocycles. The summed E-state index contributed by atoms with van der Waals surface area (Å²) in [4.78, 5) is 22.0. The minimum Gasteiger partial charge on any atom is -0.466 e. The summed E-state index contributed by atoms with van der Waals surface area (Å²) < 4.78 is 9.50. The molecule has 5 heteroatoms. The summed E-state index contributed by atoms with van der Waals surface area (Å²) in [6, 6.07) is -0.0894. The highest BCUT2D eigenvalue weighted by Crippen LogP contribution is 1.93. The standard InChI is InChI=1S/C10H19NO4/c1-4-14-9(12)6-8(3)11-7-10(13)15-5-2/h8,11H,4-7H2,1-3H3. The predicted octanol–water partition coefficient (Wildman–Crippen LogP) is 0.481. The van der Waals surface area contributed by atoms with Crippen LogP contribution in [0.4, 0.5) is 0 Å². The summed E-state index contributed by atoms with van der Waals surface area (Å²) in [5.41, 5.74) is 0. The van der Waals surface area contributed by atoms with Crippen molar-refractivity contribution in [1.82, 2.24) is 5.32 Å². The van der Waals surface area contributed by atoms with Gasteiger partial charge in [0.05, 0.1) is 26.2 Å². The first-order valence-electron chi connectivity index (χ1n) is 5.14. The van der Waals surface area contributed by atoms with Crippen LogP contribution < -0.4 is 5.32 Å². The zero-order valence-corrected chi connectivity index (χ0v) is 9.54. The van der Waals surface area contributed by atoms with Crippen LogP contribution in [-0.2, 0) is 19.1 Å². The molecular formula is C10H19NO4. The molecule has 0 aromatic carbocycles. The summed E-state index contributed by atoms with van der Waals surface area (Å²) in [6.45, 7) is 6.19. The molecule has 0 saturated heterocycles. The summed E-state index contributed by atoms with van der Waals surface area (Å²) in [7, 11) is 0. The third-order valence-electron chi connectivity index (χ3n) is 1.68. The largest absolute Gasteiger partial charge is 0.466 e. The van der Waals surface area contributed by atoms with Crippen LogP contribution in [0.1, 0.15) is 27.2 Å². The van der Waals surface area contributed by atoms with Crippen molar-refractivity contribution >= 4 is 11.9 Å². The van der Waals surface area contributed by atoms with Gasteiger partial charge in [0.25, 0.3) is 0 Å². The number of hydrogen-bond acceptors (Lipinski definition) is 5. The molecule has 0 spiro atoms. The molecular weight excluding hydrogens is 198 g/mol.